The zero-order valence-electron chi connectivity index (χ0n) is 17.8. The van der Waals surface area contributed by atoms with Crippen LogP contribution >= 0.6 is 0 Å². The van der Waals surface area contributed by atoms with Crippen LogP contribution in [0.2, 0.25) is 0 Å². The van der Waals surface area contributed by atoms with Crippen LogP contribution in [-0.4, -0.2) is 68.2 Å². The summed E-state index contributed by atoms with van der Waals surface area (Å²) >= 11 is 0. The Morgan fingerprint density at radius 1 is 1.21 bits per heavy atom. The van der Waals surface area contributed by atoms with Crippen LogP contribution in [0.5, 0.6) is 0 Å². The number of aliphatic imine (C=N–C) groups is 1. The maximum absolute atomic E-state index is 5.97. The van der Waals surface area contributed by atoms with Crippen molar-refractivity contribution in [2.45, 2.75) is 51.7 Å². The van der Waals surface area contributed by atoms with Crippen molar-refractivity contribution in [2.24, 2.45) is 10.9 Å². The molecule has 1 N–H and O–H groups in total. The fourth-order valence-electron chi connectivity index (χ4n) is 4.35. The van der Waals surface area contributed by atoms with Gasteiger partial charge in [0, 0.05) is 38.1 Å². The first-order valence-electron chi connectivity index (χ1n) is 11.1. The molecule has 0 bridgehead atoms. The molecule has 5 heteroatoms. The van der Waals surface area contributed by atoms with Gasteiger partial charge in [-0.1, -0.05) is 43.2 Å². The Morgan fingerprint density at radius 2 is 2.00 bits per heavy atom. The van der Waals surface area contributed by atoms with Gasteiger partial charge in [0.05, 0.1) is 19.8 Å². The normalized spacial score (nSPS) is 21.0. The molecule has 156 valence electrons. The number of rotatable bonds is 9. The number of guanidine groups is 1. The second-order valence-electron chi connectivity index (χ2n) is 8.26. The molecule has 1 aliphatic heterocycles. The van der Waals surface area contributed by atoms with Gasteiger partial charge in [0.2, 0.25) is 0 Å². The van der Waals surface area contributed by atoms with Crippen molar-refractivity contribution in [1.82, 2.24) is 15.1 Å². The van der Waals surface area contributed by atoms with Gasteiger partial charge in [0.1, 0.15) is 0 Å². The standard InChI is InChI=1S/C23H38N4O/c1-3-24-23(25-14-16-26(2)22-11-7-8-12-22)27-15-13-21(17-27)19-28-18-20-9-5-4-6-10-20/h4-6,9-10,21-22H,3,7-8,11-19H2,1-2H3,(H,24,25). The Morgan fingerprint density at radius 3 is 2.75 bits per heavy atom. The summed E-state index contributed by atoms with van der Waals surface area (Å²) in [5.74, 6) is 1.67. The number of hydrogen-bond acceptors (Lipinski definition) is 3. The zero-order chi connectivity index (χ0) is 19.6. The third-order valence-electron chi connectivity index (χ3n) is 6.05. The number of nitrogens with zero attached hydrogens (tertiary/aromatic N) is 3. The molecule has 0 aromatic heterocycles. The number of likely N-dealkylation sites (N-methyl/N-ethyl adjacent to an activating group) is 1. The van der Waals surface area contributed by atoms with Gasteiger partial charge in [-0.05, 0) is 38.8 Å². The Labute approximate surface area is 171 Å². The monoisotopic (exact) mass is 386 g/mol. The highest BCUT2D eigenvalue weighted by molar-refractivity contribution is 5.80. The highest BCUT2D eigenvalue weighted by atomic mass is 16.5. The van der Waals surface area contributed by atoms with Gasteiger partial charge in [-0.3, -0.25) is 4.99 Å². The molecule has 28 heavy (non-hydrogen) atoms. The van der Waals surface area contributed by atoms with Gasteiger partial charge in [0.15, 0.2) is 5.96 Å². The molecule has 1 aromatic carbocycles. The predicted octanol–water partition coefficient (Wildman–Crippen LogP) is 3.37. The van der Waals surface area contributed by atoms with E-state index in [4.69, 9.17) is 9.73 Å². The molecular weight excluding hydrogens is 348 g/mol. The molecule has 1 heterocycles. The van der Waals surface area contributed by atoms with E-state index in [9.17, 15) is 0 Å². The lowest BCUT2D eigenvalue weighted by atomic mass is 10.1. The van der Waals surface area contributed by atoms with E-state index < -0.39 is 0 Å². The van der Waals surface area contributed by atoms with Crippen LogP contribution in [0.15, 0.2) is 35.3 Å². The van der Waals surface area contributed by atoms with Crippen LogP contribution in [0.1, 0.15) is 44.6 Å². The lowest BCUT2D eigenvalue weighted by Crippen LogP contribution is -2.41. The maximum Gasteiger partial charge on any atom is 0.193 e. The minimum atomic E-state index is 0.591. The van der Waals surface area contributed by atoms with Crippen molar-refractivity contribution >= 4 is 5.96 Å². The van der Waals surface area contributed by atoms with E-state index in [1.807, 2.05) is 6.07 Å². The number of ether oxygens (including phenoxy) is 1. The molecule has 5 nitrogen and oxygen atoms in total. The van der Waals surface area contributed by atoms with Crippen LogP contribution in [0, 0.1) is 5.92 Å². The molecule has 0 radical (unpaired) electrons. The summed E-state index contributed by atoms with van der Waals surface area (Å²) in [4.78, 5) is 9.83. The third kappa shape index (κ3) is 6.49. The molecular formula is C23H38N4O. The van der Waals surface area contributed by atoms with E-state index in [0.29, 0.717) is 12.5 Å². The summed E-state index contributed by atoms with van der Waals surface area (Å²) in [5, 5.41) is 3.49. The first-order valence-corrected chi connectivity index (χ1v) is 11.1. The van der Waals surface area contributed by atoms with Crippen molar-refractivity contribution in [2.75, 3.05) is 46.4 Å². The molecule has 3 rings (SSSR count). The largest absolute Gasteiger partial charge is 0.376 e. The van der Waals surface area contributed by atoms with Crippen LogP contribution in [-0.2, 0) is 11.3 Å². The summed E-state index contributed by atoms with van der Waals surface area (Å²) in [6.07, 6.45) is 6.68. The minimum Gasteiger partial charge on any atom is -0.376 e. The number of nitrogens with one attached hydrogen (secondary N) is 1. The van der Waals surface area contributed by atoms with Crippen molar-refractivity contribution in [3.63, 3.8) is 0 Å². The molecule has 0 amide bonds. The summed E-state index contributed by atoms with van der Waals surface area (Å²) in [6.45, 7) is 8.65. The molecule has 1 atom stereocenters. The van der Waals surface area contributed by atoms with Gasteiger partial charge in [-0.2, -0.15) is 0 Å². The van der Waals surface area contributed by atoms with Crippen LogP contribution < -0.4 is 5.32 Å². The smallest absolute Gasteiger partial charge is 0.193 e. The Bertz CT molecular complexity index is 586. The van der Waals surface area contributed by atoms with Crippen LogP contribution in [0.3, 0.4) is 0 Å². The average molecular weight is 387 g/mol. The van der Waals surface area contributed by atoms with Crippen molar-refractivity contribution < 1.29 is 4.74 Å². The van der Waals surface area contributed by atoms with Gasteiger partial charge in [-0.25, -0.2) is 0 Å². The second-order valence-corrected chi connectivity index (χ2v) is 8.26. The topological polar surface area (TPSA) is 40.1 Å². The van der Waals surface area contributed by atoms with Gasteiger partial charge < -0.3 is 19.9 Å². The maximum atomic E-state index is 5.97. The summed E-state index contributed by atoms with van der Waals surface area (Å²) < 4.78 is 5.97. The van der Waals surface area contributed by atoms with Gasteiger partial charge in [-0.15, -0.1) is 0 Å². The predicted molar refractivity (Wildman–Crippen MR) is 117 cm³/mol. The lowest BCUT2D eigenvalue weighted by Gasteiger charge is -2.24. The fourth-order valence-corrected chi connectivity index (χ4v) is 4.35. The van der Waals surface area contributed by atoms with E-state index in [2.05, 4.69) is 53.4 Å². The fraction of sp³-hybridized carbons (Fsp3) is 0.696. The van der Waals surface area contributed by atoms with Crippen molar-refractivity contribution in [3.8, 4) is 0 Å². The Kier molecular flexibility index (Phi) is 8.62. The Hall–Kier alpha value is -1.59. The number of benzene rings is 1. The molecule has 0 spiro atoms. The second kappa shape index (κ2) is 11.4. The van der Waals surface area contributed by atoms with Crippen LogP contribution in [0.25, 0.3) is 0 Å². The van der Waals surface area contributed by atoms with E-state index >= 15 is 0 Å². The van der Waals surface area contributed by atoms with E-state index in [0.717, 1.165) is 51.3 Å². The SMILES string of the molecule is CCNC(=NCCN(C)C1CCCC1)N1CCC(COCc2ccccc2)C1. The molecule has 1 aliphatic carbocycles. The molecule has 2 fully saturated rings. The summed E-state index contributed by atoms with van der Waals surface area (Å²) in [5.41, 5.74) is 1.25. The third-order valence-corrected chi connectivity index (χ3v) is 6.05. The molecule has 1 unspecified atom stereocenters. The van der Waals surface area contributed by atoms with Crippen molar-refractivity contribution in [1.29, 1.82) is 0 Å². The molecule has 2 aliphatic rings. The zero-order valence-corrected chi connectivity index (χ0v) is 17.8. The highest BCUT2D eigenvalue weighted by Gasteiger charge is 2.25. The van der Waals surface area contributed by atoms with E-state index in [1.165, 1.54) is 37.7 Å². The van der Waals surface area contributed by atoms with Gasteiger partial charge in [0.25, 0.3) is 0 Å². The molecule has 1 aromatic rings. The first kappa shape index (κ1) is 21.1. The summed E-state index contributed by atoms with van der Waals surface area (Å²) in [7, 11) is 2.26. The van der Waals surface area contributed by atoms with Crippen LogP contribution in [0.4, 0.5) is 0 Å². The van der Waals surface area contributed by atoms with E-state index in [-0.39, 0.29) is 0 Å². The number of hydrogen-bond donors (Lipinski definition) is 1. The lowest BCUT2D eigenvalue weighted by molar-refractivity contribution is 0.0906. The quantitative estimate of drug-likeness (QED) is 0.522. The Balaban J connectivity index is 1.40. The molecule has 1 saturated carbocycles. The van der Waals surface area contributed by atoms with Crippen molar-refractivity contribution in [3.05, 3.63) is 35.9 Å². The summed E-state index contributed by atoms with van der Waals surface area (Å²) in [6, 6.07) is 11.2. The van der Waals surface area contributed by atoms with E-state index in [1.54, 1.807) is 0 Å². The molecule has 1 saturated heterocycles. The highest BCUT2D eigenvalue weighted by Crippen LogP contribution is 2.22. The minimum absolute atomic E-state index is 0.591. The first-order chi connectivity index (χ1) is 13.8. The number of likely N-dealkylation sites (tertiary alicyclic amines) is 1. The average Bonchev–Trinajstić information content (AvgIpc) is 3.40. The van der Waals surface area contributed by atoms with Gasteiger partial charge >= 0.3 is 0 Å².